The van der Waals surface area contributed by atoms with E-state index in [0.29, 0.717) is 5.02 Å². The second-order valence-electron chi connectivity index (χ2n) is 6.59. The van der Waals surface area contributed by atoms with Gasteiger partial charge in [-0.3, -0.25) is 0 Å². The molecule has 2 aliphatic rings. The van der Waals surface area contributed by atoms with Crippen molar-refractivity contribution in [3.8, 4) is 6.19 Å². The molecule has 0 saturated heterocycles. The molecule has 0 bridgehead atoms. The molecule has 0 amide bonds. The predicted octanol–water partition coefficient (Wildman–Crippen LogP) is 4.73. The molecule has 2 aromatic carbocycles. The Morgan fingerprint density at radius 2 is 1.70 bits per heavy atom. The van der Waals surface area contributed by atoms with Gasteiger partial charge < -0.3 is 0 Å². The van der Waals surface area contributed by atoms with Gasteiger partial charge in [0.1, 0.15) is 0 Å². The quantitative estimate of drug-likeness (QED) is 0.646. The van der Waals surface area contributed by atoms with Crippen molar-refractivity contribution >= 4 is 17.3 Å². The van der Waals surface area contributed by atoms with Gasteiger partial charge in [-0.1, -0.05) is 41.9 Å². The minimum absolute atomic E-state index is 0.0260. The molecule has 0 unspecified atom stereocenters. The summed E-state index contributed by atoms with van der Waals surface area (Å²) in [6.07, 6.45) is 7.16. The summed E-state index contributed by atoms with van der Waals surface area (Å²) < 4.78 is 0. The second-order valence-corrected chi connectivity index (χ2v) is 7.02. The summed E-state index contributed by atoms with van der Waals surface area (Å²) in [4.78, 5) is 4.25. The maximum absolute atomic E-state index is 9.21. The van der Waals surface area contributed by atoms with Gasteiger partial charge in [0.15, 0.2) is 0 Å². The summed E-state index contributed by atoms with van der Waals surface area (Å²) in [6, 6.07) is 14.7. The number of nitriles is 1. The number of hydrogen-bond donors (Lipinski definition) is 0. The van der Waals surface area contributed by atoms with Crippen molar-refractivity contribution in [2.24, 2.45) is 10.4 Å². The van der Waals surface area contributed by atoms with Crippen LogP contribution < -0.4 is 0 Å². The molecule has 4 rings (SSSR count). The normalized spacial score (nSPS) is 19.9. The zero-order valence-electron chi connectivity index (χ0n) is 12.8. The first-order chi connectivity index (χ1) is 11.2. The zero-order valence-corrected chi connectivity index (χ0v) is 13.6. The summed E-state index contributed by atoms with van der Waals surface area (Å²) in [5.74, 6) is 0. The molecule has 2 aliphatic carbocycles. The van der Waals surface area contributed by atoms with Gasteiger partial charge in [-0.25, -0.2) is 0 Å². The molecule has 0 saturated carbocycles. The number of rotatable bonds is 0. The molecule has 0 radical (unpaired) electrons. The zero-order chi connectivity index (χ0) is 15.9. The van der Waals surface area contributed by atoms with Crippen LogP contribution in [-0.4, -0.2) is 5.71 Å². The minimum atomic E-state index is -0.0260. The molecule has 0 fully saturated rings. The van der Waals surface area contributed by atoms with E-state index < -0.39 is 0 Å². The summed E-state index contributed by atoms with van der Waals surface area (Å²) in [5, 5.41) is 9.92. The Balaban J connectivity index is 1.78. The first kappa shape index (κ1) is 14.5. The van der Waals surface area contributed by atoms with Gasteiger partial charge in [-0.05, 0) is 60.9 Å². The highest BCUT2D eigenvalue weighted by atomic mass is 35.5. The van der Waals surface area contributed by atoms with E-state index in [-0.39, 0.29) is 5.41 Å². The molecule has 23 heavy (non-hydrogen) atoms. The molecule has 0 N–H and O–H groups in total. The van der Waals surface area contributed by atoms with Crippen molar-refractivity contribution in [2.75, 3.05) is 0 Å². The summed E-state index contributed by atoms with van der Waals surface area (Å²) in [7, 11) is 0. The minimum Gasteiger partial charge on any atom is -0.177 e. The van der Waals surface area contributed by atoms with E-state index in [1.165, 1.54) is 16.7 Å². The van der Waals surface area contributed by atoms with E-state index in [1.54, 1.807) is 0 Å². The maximum Gasteiger partial charge on any atom is 0.205 e. The predicted molar refractivity (Wildman–Crippen MR) is 92.8 cm³/mol. The highest BCUT2D eigenvalue weighted by Crippen LogP contribution is 2.46. The maximum atomic E-state index is 9.21. The lowest BCUT2D eigenvalue weighted by atomic mass is 9.76. The van der Waals surface area contributed by atoms with E-state index in [2.05, 4.69) is 35.3 Å². The topological polar surface area (TPSA) is 36.1 Å². The van der Waals surface area contributed by atoms with Crippen LogP contribution in [0.3, 0.4) is 0 Å². The molecule has 0 aromatic heterocycles. The van der Waals surface area contributed by atoms with Crippen LogP contribution in [0.4, 0.5) is 0 Å². The van der Waals surface area contributed by atoms with Gasteiger partial charge in [-0.2, -0.15) is 10.3 Å². The Labute approximate surface area is 141 Å². The van der Waals surface area contributed by atoms with Gasteiger partial charge in [0, 0.05) is 16.0 Å². The van der Waals surface area contributed by atoms with Gasteiger partial charge in [0.05, 0.1) is 5.71 Å². The van der Waals surface area contributed by atoms with Crippen molar-refractivity contribution in [3.63, 3.8) is 0 Å². The third-order valence-electron chi connectivity index (χ3n) is 5.38. The summed E-state index contributed by atoms with van der Waals surface area (Å²) >= 11 is 6.18. The van der Waals surface area contributed by atoms with Crippen LogP contribution in [0, 0.1) is 16.9 Å². The Morgan fingerprint density at radius 1 is 1.00 bits per heavy atom. The summed E-state index contributed by atoms with van der Waals surface area (Å²) in [5.41, 5.74) is 6.15. The number of hydrogen-bond acceptors (Lipinski definition) is 2. The lowest BCUT2D eigenvalue weighted by molar-refractivity contribution is 0.376. The summed E-state index contributed by atoms with van der Waals surface area (Å²) in [6.45, 7) is 0. The fourth-order valence-electron chi connectivity index (χ4n) is 4.22. The molecule has 1 spiro atoms. The number of nitrogens with zero attached hydrogens (tertiary/aromatic N) is 2. The van der Waals surface area contributed by atoms with Crippen LogP contribution in [0.15, 0.2) is 47.5 Å². The highest BCUT2D eigenvalue weighted by Gasteiger charge is 2.44. The molecule has 2 aromatic rings. The second kappa shape index (κ2) is 5.51. The van der Waals surface area contributed by atoms with Gasteiger partial charge in [0.25, 0.3) is 0 Å². The molecule has 0 aliphatic heterocycles. The van der Waals surface area contributed by atoms with Crippen LogP contribution in [-0.2, 0) is 19.3 Å². The fourth-order valence-corrected chi connectivity index (χ4v) is 4.39. The Kier molecular flexibility index (Phi) is 3.47. The number of aliphatic imine (C=N–C) groups is 1. The van der Waals surface area contributed by atoms with E-state index in [0.717, 1.165) is 43.4 Å². The largest absolute Gasteiger partial charge is 0.205 e. The molecule has 114 valence electrons. The van der Waals surface area contributed by atoms with Crippen molar-refractivity contribution in [1.29, 1.82) is 5.26 Å². The molecular formula is C20H17ClN2. The van der Waals surface area contributed by atoms with E-state index in [9.17, 15) is 5.26 Å². The van der Waals surface area contributed by atoms with Gasteiger partial charge >= 0.3 is 0 Å². The average molecular weight is 321 g/mol. The van der Waals surface area contributed by atoms with Gasteiger partial charge in [0.2, 0.25) is 6.19 Å². The van der Waals surface area contributed by atoms with Crippen molar-refractivity contribution in [3.05, 3.63) is 69.7 Å². The number of fused-ring (bicyclic) bond motifs is 2. The standard InChI is InChI=1S/C20H17ClN2/c21-17-6-5-16-12-20(19(23-13-22)18(16)11-17)9-7-14-3-1-2-4-15(14)8-10-20/h1-6,11H,7-10,12H2. The monoisotopic (exact) mass is 320 g/mol. The fraction of sp³-hybridized carbons (Fsp3) is 0.300. The Morgan fingerprint density at radius 3 is 2.35 bits per heavy atom. The molecule has 2 nitrogen and oxygen atoms in total. The number of aryl methyl sites for hydroxylation is 2. The van der Waals surface area contributed by atoms with E-state index >= 15 is 0 Å². The van der Waals surface area contributed by atoms with Crippen LogP contribution >= 0.6 is 11.6 Å². The number of benzene rings is 2. The third kappa shape index (κ3) is 2.36. The van der Waals surface area contributed by atoms with Crippen molar-refractivity contribution in [1.82, 2.24) is 0 Å². The smallest absolute Gasteiger partial charge is 0.177 e. The van der Waals surface area contributed by atoms with Crippen LogP contribution in [0.1, 0.15) is 35.1 Å². The highest BCUT2D eigenvalue weighted by molar-refractivity contribution is 6.31. The van der Waals surface area contributed by atoms with Crippen LogP contribution in [0.5, 0.6) is 0 Å². The third-order valence-corrected chi connectivity index (χ3v) is 5.62. The molecule has 0 heterocycles. The number of halogens is 1. The van der Waals surface area contributed by atoms with Crippen LogP contribution in [0.25, 0.3) is 0 Å². The van der Waals surface area contributed by atoms with Crippen molar-refractivity contribution < 1.29 is 0 Å². The Hall–Kier alpha value is -2.11. The first-order valence-electron chi connectivity index (χ1n) is 8.05. The molecule has 3 heteroatoms. The first-order valence-corrected chi connectivity index (χ1v) is 8.42. The molecule has 0 atom stereocenters. The SMILES string of the molecule is N#CN=C1c2cc(Cl)ccc2CC12CCc1ccccc1CC2. The van der Waals surface area contributed by atoms with E-state index in [4.69, 9.17) is 11.6 Å². The Bertz CT molecular complexity index is 818. The lowest BCUT2D eigenvalue weighted by Crippen LogP contribution is -2.29. The average Bonchev–Trinajstić information content (AvgIpc) is 2.73. The van der Waals surface area contributed by atoms with Gasteiger partial charge in [-0.15, -0.1) is 0 Å². The lowest BCUT2D eigenvalue weighted by Gasteiger charge is -2.28. The van der Waals surface area contributed by atoms with Crippen LogP contribution in [0.2, 0.25) is 5.02 Å². The van der Waals surface area contributed by atoms with Crippen molar-refractivity contribution in [2.45, 2.75) is 32.1 Å². The van der Waals surface area contributed by atoms with E-state index in [1.807, 2.05) is 18.3 Å². The molecular weight excluding hydrogens is 304 g/mol.